The molecule has 2 atom stereocenters. The zero-order valence-electron chi connectivity index (χ0n) is 13.7. The van der Waals surface area contributed by atoms with Crippen LogP contribution in [0.1, 0.15) is 30.8 Å². The zero-order valence-corrected chi connectivity index (χ0v) is 14.5. The SMILES string of the molecule is CCN(C(=O)C(C)OC(=O)c1ccc([N+](=O)[O-])o1)C1CCS(=O)(=O)C1. The third-order valence-electron chi connectivity index (χ3n) is 3.88. The van der Waals surface area contributed by atoms with Gasteiger partial charge in [-0.3, -0.25) is 14.9 Å². The second kappa shape index (κ2) is 7.21. The molecular formula is C14H18N2O8S. The number of nitrogens with zero attached hydrogens (tertiary/aromatic N) is 2. The fourth-order valence-electron chi connectivity index (χ4n) is 2.65. The molecule has 1 fully saturated rings. The van der Waals surface area contributed by atoms with Gasteiger partial charge >= 0.3 is 11.9 Å². The Morgan fingerprint density at radius 1 is 1.48 bits per heavy atom. The lowest BCUT2D eigenvalue weighted by Gasteiger charge is -2.29. The Bertz CT molecular complexity index is 785. The monoisotopic (exact) mass is 374 g/mol. The van der Waals surface area contributed by atoms with Crippen LogP contribution in [0.15, 0.2) is 16.5 Å². The number of rotatable bonds is 6. The largest absolute Gasteiger partial charge is 0.447 e. The quantitative estimate of drug-likeness (QED) is 0.404. The van der Waals surface area contributed by atoms with Gasteiger partial charge in [-0.25, -0.2) is 13.2 Å². The molecule has 0 aromatic carbocycles. The molecule has 0 bridgehead atoms. The molecule has 1 aliphatic heterocycles. The molecule has 0 aliphatic carbocycles. The van der Waals surface area contributed by atoms with Gasteiger partial charge in [0.1, 0.15) is 4.92 Å². The first kappa shape index (κ1) is 18.9. The molecule has 11 heteroatoms. The molecule has 25 heavy (non-hydrogen) atoms. The minimum absolute atomic E-state index is 0.0195. The van der Waals surface area contributed by atoms with E-state index in [4.69, 9.17) is 9.15 Å². The van der Waals surface area contributed by atoms with Gasteiger partial charge in [-0.2, -0.15) is 0 Å². The van der Waals surface area contributed by atoms with Gasteiger partial charge in [0.05, 0.1) is 17.6 Å². The van der Waals surface area contributed by atoms with Crippen molar-refractivity contribution in [2.45, 2.75) is 32.4 Å². The number of carbonyl (C=O) groups excluding carboxylic acids is 2. The van der Waals surface area contributed by atoms with Gasteiger partial charge in [0, 0.05) is 12.6 Å². The molecule has 2 rings (SSSR count). The number of amides is 1. The van der Waals surface area contributed by atoms with Crippen LogP contribution in [0.5, 0.6) is 0 Å². The fraction of sp³-hybridized carbons (Fsp3) is 0.571. The number of esters is 1. The fourth-order valence-corrected chi connectivity index (χ4v) is 4.38. The first-order valence-corrected chi connectivity index (χ1v) is 9.43. The third kappa shape index (κ3) is 4.35. The van der Waals surface area contributed by atoms with Crippen LogP contribution < -0.4 is 0 Å². The summed E-state index contributed by atoms with van der Waals surface area (Å²) in [5.41, 5.74) is 0. The summed E-state index contributed by atoms with van der Waals surface area (Å²) < 4.78 is 32.9. The summed E-state index contributed by atoms with van der Waals surface area (Å²) in [6, 6.07) is 1.64. The first-order valence-electron chi connectivity index (χ1n) is 7.60. The second-order valence-electron chi connectivity index (χ2n) is 5.62. The van der Waals surface area contributed by atoms with Gasteiger partial charge in [0.15, 0.2) is 15.9 Å². The molecule has 1 saturated heterocycles. The molecule has 1 aromatic rings. The molecule has 0 spiro atoms. The highest BCUT2D eigenvalue weighted by molar-refractivity contribution is 7.91. The van der Waals surface area contributed by atoms with Crippen molar-refractivity contribution in [3.8, 4) is 0 Å². The van der Waals surface area contributed by atoms with Crippen LogP contribution >= 0.6 is 0 Å². The number of carbonyl (C=O) groups is 2. The van der Waals surface area contributed by atoms with Gasteiger partial charge in [0.25, 0.3) is 5.91 Å². The Hall–Kier alpha value is -2.43. The predicted octanol–water partition coefficient (Wildman–Crippen LogP) is 0.769. The van der Waals surface area contributed by atoms with E-state index >= 15 is 0 Å². The van der Waals surface area contributed by atoms with Crippen molar-refractivity contribution in [1.82, 2.24) is 4.90 Å². The molecule has 0 N–H and O–H groups in total. The number of hydrogen-bond acceptors (Lipinski definition) is 8. The lowest BCUT2D eigenvalue weighted by molar-refractivity contribution is -0.402. The van der Waals surface area contributed by atoms with Crippen LogP contribution in [0.25, 0.3) is 0 Å². The number of hydrogen-bond donors (Lipinski definition) is 0. The normalized spacial score (nSPS) is 20.0. The summed E-state index contributed by atoms with van der Waals surface area (Å²) in [6.45, 7) is 3.32. The molecule has 1 amide bonds. The molecule has 1 aliphatic rings. The summed E-state index contributed by atoms with van der Waals surface area (Å²) in [5.74, 6) is -2.64. The Morgan fingerprint density at radius 3 is 2.64 bits per heavy atom. The summed E-state index contributed by atoms with van der Waals surface area (Å²) >= 11 is 0. The molecule has 2 heterocycles. The van der Waals surface area contributed by atoms with E-state index in [9.17, 15) is 28.1 Å². The Morgan fingerprint density at radius 2 is 2.16 bits per heavy atom. The Kier molecular flexibility index (Phi) is 5.45. The zero-order chi connectivity index (χ0) is 18.8. The molecule has 2 unspecified atom stereocenters. The number of likely N-dealkylation sites (N-methyl/N-ethyl adjacent to an activating group) is 1. The van der Waals surface area contributed by atoms with E-state index in [0.29, 0.717) is 6.42 Å². The average Bonchev–Trinajstić information content (AvgIpc) is 3.14. The molecule has 1 aromatic heterocycles. The van der Waals surface area contributed by atoms with E-state index in [2.05, 4.69) is 0 Å². The predicted molar refractivity (Wildman–Crippen MR) is 84.7 cm³/mol. The highest BCUT2D eigenvalue weighted by atomic mass is 32.2. The maximum Gasteiger partial charge on any atom is 0.433 e. The van der Waals surface area contributed by atoms with Crippen LogP contribution in [0, 0.1) is 10.1 Å². The Balaban J connectivity index is 2.02. The van der Waals surface area contributed by atoms with Gasteiger partial charge in [0.2, 0.25) is 5.76 Å². The highest BCUT2D eigenvalue weighted by Gasteiger charge is 2.36. The number of nitro groups is 1. The van der Waals surface area contributed by atoms with Gasteiger partial charge < -0.3 is 14.1 Å². The number of furan rings is 1. The van der Waals surface area contributed by atoms with Gasteiger partial charge in [-0.1, -0.05) is 0 Å². The van der Waals surface area contributed by atoms with Gasteiger partial charge in [-0.15, -0.1) is 0 Å². The van der Waals surface area contributed by atoms with E-state index in [1.165, 1.54) is 11.8 Å². The van der Waals surface area contributed by atoms with Crippen LogP contribution in [-0.2, 0) is 19.4 Å². The summed E-state index contributed by atoms with van der Waals surface area (Å²) in [7, 11) is -3.16. The lowest BCUT2D eigenvalue weighted by atomic mass is 10.2. The average molecular weight is 374 g/mol. The smallest absolute Gasteiger partial charge is 0.433 e. The minimum Gasteiger partial charge on any atom is -0.447 e. The van der Waals surface area contributed by atoms with E-state index in [1.54, 1.807) is 6.92 Å². The second-order valence-corrected chi connectivity index (χ2v) is 7.85. The van der Waals surface area contributed by atoms with E-state index in [-0.39, 0.29) is 18.1 Å². The standard InChI is InChI=1S/C14H18N2O8S/c1-3-15(10-6-7-25(21,22)8-10)13(17)9(2)23-14(18)11-4-5-12(24-11)16(19)20/h4-5,9-10H,3,6-8H2,1-2H3. The van der Waals surface area contributed by atoms with Crippen molar-refractivity contribution in [2.75, 3.05) is 18.1 Å². The van der Waals surface area contributed by atoms with E-state index < -0.39 is 50.4 Å². The van der Waals surface area contributed by atoms with Crippen molar-refractivity contribution in [1.29, 1.82) is 0 Å². The lowest BCUT2D eigenvalue weighted by Crippen LogP contribution is -2.46. The first-order chi connectivity index (χ1) is 11.6. The minimum atomic E-state index is -3.16. The summed E-state index contributed by atoms with van der Waals surface area (Å²) in [5, 5.41) is 10.5. The maximum absolute atomic E-state index is 12.5. The van der Waals surface area contributed by atoms with E-state index in [0.717, 1.165) is 12.1 Å². The van der Waals surface area contributed by atoms with Gasteiger partial charge in [-0.05, 0) is 26.3 Å². The molecule has 0 saturated carbocycles. The van der Waals surface area contributed by atoms with Crippen LogP contribution in [0.2, 0.25) is 0 Å². The number of ether oxygens (including phenoxy) is 1. The highest BCUT2D eigenvalue weighted by Crippen LogP contribution is 2.20. The summed E-state index contributed by atoms with van der Waals surface area (Å²) in [6.07, 6.45) is -0.840. The van der Waals surface area contributed by atoms with Crippen molar-refractivity contribution < 1.29 is 32.1 Å². The van der Waals surface area contributed by atoms with Crippen LogP contribution in [0.3, 0.4) is 0 Å². The van der Waals surface area contributed by atoms with Crippen molar-refractivity contribution in [3.63, 3.8) is 0 Å². The van der Waals surface area contributed by atoms with Crippen molar-refractivity contribution >= 4 is 27.6 Å². The molecule has 10 nitrogen and oxygen atoms in total. The van der Waals surface area contributed by atoms with Crippen molar-refractivity contribution in [3.05, 3.63) is 28.0 Å². The van der Waals surface area contributed by atoms with Crippen molar-refractivity contribution in [2.24, 2.45) is 0 Å². The summed E-state index contributed by atoms with van der Waals surface area (Å²) in [4.78, 5) is 35.5. The van der Waals surface area contributed by atoms with Crippen LogP contribution in [0.4, 0.5) is 5.88 Å². The molecule has 138 valence electrons. The molecular weight excluding hydrogens is 356 g/mol. The Labute approximate surface area is 143 Å². The third-order valence-corrected chi connectivity index (χ3v) is 5.63. The topological polar surface area (TPSA) is 137 Å². The number of sulfone groups is 1. The molecule has 0 radical (unpaired) electrons. The van der Waals surface area contributed by atoms with Crippen LogP contribution in [-0.4, -0.2) is 60.3 Å². The van der Waals surface area contributed by atoms with E-state index in [1.807, 2.05) is 0 Å². The maximum atomic E-state index is 12.5.